The van der Waals surface area contributed by atoms with E-state index >= 15 is 0 Å². The zero-order valence-corrected chi connectivity index (χ0v) is 15.4. The average molecular weight is 357 g/mol. The molecule has 1 saturated heterocycles. The molecule has 0 aromatic heterocycles. The topological polar surface area (TPSA) is 49.4 Å². The number of benzene rings is 2. The number of halogens is 1. The maximum absolute atomic E-state index is 12.5. The Bertz CT molecular complexity index is 848. The normalized spacial score (nSPS) is 17.0. The van der Waals surface area contributed by atoms with Crippen molar-refractivity contribution in [3.63, 3.8) is 0 Å². The van der Waals surface area contributed by atoms with Crippen molar-refractivity contribution in [1.29, 1.82) is 0 Å². The molecule has 1 N–H and O–H groups in total. The van der Waals surface area contributed by atoms with Crippen LogP contribution in [-0.2, 0) is 9.59 Å². The zero-order valence-electron chi connectivity index (χ0n) is 14.6. The first-order valence-corrected chi connectivity index (χ1v) is 8.67. The second-order valence-corrected chi connectivity index (χ2v) is 7.03. The fourth-order valence-electron chi connectivity index (χ4n) is 2.95. The lowest BCUT2D eigenvalue weighted by Crippen LogP contribution is -2.28. The van der Waals surface area contributed by atoms with E-state index in [0.717, 1.165) is 22.5 Å². The van der Waals surface area contributed by atoms with Crippen LogP contribution in [0.1, 0.15) is 23.1 Å². The smallest absolute Gasteiger partial charge is 0.229 e. The third-order valence-corrected chi connectivity index (χ3v) is 5.14. The second kappa shape index (κ2) is 6.89. The van der Waals surface area contributed by atoms with Gasteiger partial charge in [-0.05, 0) is 61.7 Å². The molecule has 1 heterocycles. The average Bonchev–Trinajstić information content (AvgIpc) is 2.95. The Kier molecular flexibility index (Phi) is 4.82. The van der Waals surface area contributed by atoms with E-state index in [1.54, 1.807) is 11.0 Å². The zero-order chi connectivity index (χ0) is 18.1. The fourth-order valence-corrected chi connectivity index (χ4v) is 3.12. The van der Waals surface area contributed by atoms with Crippen molar-refractivity contribution in [2.24, 2.45) is 5.92 Å². The van der Waals surface area contributed by atoms with Crippen LogP contribution in [0.2, 0.25) is 5.02 Å². The van der Waals surface area contributed by atoms with Gasteiger partial charge < -0.3 is 10.2 Å². The Labute approximate surface area is 152 Å². The van der Waals surface area contributed by atoms with E-state index in [2.05, 4.69) is 5.32 Å². The number of carbonyl (C=O) groups is 2. The first kappa shape index (κ1) is 17.5. The van der Waals surface area contributed by atoms with E-state index in [-0.39, 0.29) is 24.2 Å². The van der Waals surface area contributed by atoms with Crippen molar-refractivity contribution in [2.45, 2.75) is 27.2 Å². The van der Waals surface area contributed by atoms with Crippen molar-refractivity contribution in [1.82, 2.24) is 0 Å². The number of hydrogen-bond acceptors (Lipinski definition) is 2. The van der Waals surface area contributed by atoms with Gasteiger partial charge in [0.15, 0.2) is 0 Å². The third-order valence-electron chi connectivity index (χ3n) is 4.74. The number of nitrogens with one attached hydrogen (secondary N) is 1. The highest BCUT2D eigenvalue weighted by Gasteiger charge is 2.35. The van der Waals surface area contributed by atoms with E-state index < -0.39 is 0 Å². The summed E-state index contributed by atoms with van der Waals surface area (Å²) in [7, 11) is 0. The SMILES string of the molecule is Cc1ccc(NC(=O)C2CC(=O)N(c3ccc(C)c(Cl)c3)C2)cc1C. The second-order valence-electron chi connectivity index (χ2n) is 6.63. The van der Waals surface area contributed by atoms with E-state index in [9.17, 15) is 9.59 Å². The summed E-state index contributed by atoms with van der Waals surface area (Å²) in [5.74, 6) is -0.549. The number of hydrogen-bond donors (Lipinski definition) is 1. The predicted octanol–water partition coefficient (Wildman–Crippen LogP) is 4.26. The van der Waals surface area contributed by atoms with Crippen molar-refractivity contribution < 1.29 is 9.59 Å². The maximum Gasteiger partial charge on any atom is 0.229 e. The van der Waals surface area contributed by atoms with E-state index in [1.807, 2.05) is 51.1 Å². The highest BCUT2D eigenvalue weighted by Crippen LogP contribution is 2.29. The first-order valence-electron chi connectivity index (χ1n) is 8.30. The molecule has 0 aliphatic carbocycles. The van der Waals surface area contributed by atoms with Crippen LogP contribution >= 0.6 is 11.6 Å². The van der Waals surface area contributed by atoms with Crippen LogP contribution in [0.3, 0.4) is 0 Å². The van der Waals surface area contributed by atoms with Crippen LogP contribution in [-0.4, -0.2) is 18.4 Å². The van der Waals surface area contributed by atoms with Gasteiger partial charge in [-0.15, -0.1) is 0 Å². The summed E-state index contributed by atoms with van der Waals surface area (Å²) in [4.78, 5) is 26.5. The Morgan fingerprint density at radius 2 is 1.80 bits per heavy atom. The number of anilines is 2. The van der Waals surface area contributed by atoms with E-state index in [0.29, 0.717) is 11.6 Å². The molecule has 2 aromatic carbocycles. The lowest BCUT2D eigenvalue weighted by molar-refractivity contribution is -0.122. The number of nitrogens with zero attached hydrogens (tertiary/aromatic N) is 1. The summed E-state index contributed by atoms with van der Waals surface area (Å²) in [5.41, 5.74) is 4.76. The molecule has 2 aromatic rings. The molecule has 2 amide bonds. The molecule has 4 nitrogen and oxygen atoms in total. The molecule has 1 unspecified atom stereocenters. The molecule has 0 saturated carbocycles. The molecule has 0 spiro atoms. The van der Waals surface area contributed by atoms with Crippen molar-refractivity contribution >= 4 is 34.8 Å². The van der Waals surface area contributed by atoms with Crippen molar-refractivity contribution in [3.8, 4) is 0 Å². The Hall–Kier alpha value is -2.33. The number of rotatable bonds is 3. The summed E-state index contributed by atoms with van der Waals surface area (Å²) >= 11 is 6.16. The largest absolute Gasteiger partial charge is 0.326 e. The number of carbonyl (C=O) groups excluding carboxylic acids is 2. The van der Waals surface area contributed by atoms with Gasteiger partial charge in [0.25, 0.3) is 0 Å². The minimum atomic E-state index is -0.366. The van der Waals surface area contributed by atoms with Crippen molar-refractivity contribution in [3.05, 3.63) is 58.1 Å². The highest BCUT2D eigenvalue weighted by atomic mass is 35.5. The molecule has 5 heteroatoms. The van der Waals surface area contributed by atoms with Gasteiger partial charge in [0, 0.05) is 29.4 Å². The van der Waals surface area contributed by atoms with Gasteiger partial charge in [0.1, 0.15) is 0 Å². The van der Waals surface area contributed by atoms with Gasteiger partial charge in [-0.2, -0.15) is 0 Å². The van der Waals surface area contributed by atoms with Gasteiger partial charge in [-0.1, -0.05) is 23.7 Å². The quantitative estimate of drug-likeness (QED) is 0.893. The molecular weight excluding hydrogens is 336 g/mol. The standard InChI is InChI=1S/C20H21ClN2O2/c1-12-4-6-16(8-14(12)3)22-20(25)15-9-19(24)23(11-15)17-7-5-13(2)18(21)10-17/h4-8,10,15H,9,11H2,1-3H3,(H,22,25). The molecule has 130 valence electrons. The van der Waals surface area contributed by atoms with E-state index in [4.69, 9.17) is 11.6 Å². The molecule has 1 fully saturated rings. The van der Waals surface area contributed by atoms with Crippen LogP contribution in [0.15, 0.2) is 36.4 Å². The molecular formula is C20H21ClN2O2. The van der Waals surface area contributed by atoms with Crippen LogP contribution < -0.4 is 10.2 Å². The Morgan fingerprint density at radius 3 is 2.48 bits per heavy atom. The highest BCUT2D eigenvalue weighted by molar-refractivity contribution is 6.31. The van der Waals surface area contributed by atoms with E-state index in [1.165, 1.54) is 5.56 Å². The fraction of sp³-hybridized carbons (Fsp3) is 0.300. The minimum Gasteiger partial charge on any atom is -0.326 e. The summed E-state index contributed by atoms with van der Waals surface area (Å²) in [6, 6.07) is 11.3. The molecule has 1 aliphatic rings. The van der Waals surface area contributed by atoms with Gasteiger partial charge in [-0.25, -0.2) is 0 Å². The summed E-state index contributed by atoms with van der Waals surface area (Å²) < 4.78 is 0. The number of amides is 2. The third kappa shape index (κ3) is 3.69. The van der Waals surface area contributed by atoms with Crippen LogP contribution in [0.4, 0.5) is 11.4 Å². The summed E-state index contributed by atoms with van der Waals surface area (Å²) in [6.07, 6.45) is 0.210. The van der Waals surface area contributed by atoms with Gasteiger partial charge in [0.2, 0.25) is 11.8 Å². The summed E-state index contributed by atoms with van der Waals surface area (Å²) in [5, 5.41) is 3.54. The monoisotopic (exact) mass is 356 g/mol. The minimum absolute atomic E-state index is 0.0554. The van der Waals surface area contributed by atoms with Gasteiger partial charge in [-0.3, -0.25) is 9.59 Å². The lowest BCUT2D eigenvalue weighted by Gasteiger charge is -2.17. The van der Waals surface area contributed by atoms with Crippen LogP contribution in [0, 0.1) is 26.7 Å². The van der Waals surface area contributed by atoms with Crippen molar-refractivity contribution in [2.75, 3.05) is 16.8 Å². The first-order chi connectivity index (χ1) is 11.8. The molecule has 25 heavy (non-hydrogen) atoms. The van der Waals surface area contributed by atoms with Crippen LogP contribution in [0.5, 0.6) is 0 Å². The maximum atomic E-state index is 12.5. The Morgan fingerprint density at radius 1 is 1.08 bits per heavy atom. The molecule has 0 bridgehead atoms. The predicted molar refractivity (Wildman–Crippen MR) is 101 cm³/mol. The number of aryl methyl sites for hydroxylation is 3. The molecule has 3 rings (SSSR count). The Balaban J connectivity index is 1.71. The molecule has 1 aliphatic heterocycles. The summed E-state index contributed by atoms with van der Waals surface area (Å²) in [6.45, 7) is 6.32. The van der Waals surface area contributed by atoms with Gasteiger partial charge >= 0.3 is 0 Å². The van der Waals surface area contributed by atoms with Crippen LogP contribution in [0.25, 0.3) is 0 Å². The molecule has 0 radical (unpaired) electrons. The lowest BCUT2D eigenvalue weighted by atomic mass is 10.1. The molecule has 1 atom stereocenters. The van der Waals surface area contributed by atoms with Gasteiger partial charge in [0.05, 0.1) is 5.92 Å².